The number of hydrogen-bond donors (Lipinski definition) is 2. The molecule has 25 heteroatoms. The lowest BCUT2D eigenvalue weighted by molar-refractivity contribution is -0.476. The fraction of sp³-hybridized carbons (Fsp3) is 0.692. The van der Waals surface area contributed by atoms with Crippen molar-refractivity contribution in [1.29, 1.82) is 0 Å². The first-order valence-corrected chi connectivity index (χ1v) is 8.34. The molecule has 0 amide bonds. The highest BCUT2D eigenvalue weighted by Gasteiger charge is 2.97. The number of hydrogen-bond acceptors (Lipinski definition) is 5. The molecule has 0 aliphatic heterocycles. The SMILES string of the molecule is OB(O)c1cnc(OC(F)(F)C(F)(F)C(F)(F)C(F)(F)C(F)(F)C(F)(F)C(F)(F)C(F)(F)C(F)(F)F)cn1. The maximum Gasteiger partial charge on any atom is 0.509 e. The second-order valence-corrected chi connectivity index (χ2v) is 6.79. The van der Waals surface area contributed by atoms with Gasteiger partial charge in [-0.25, -0.2) is 4.98 Å². The molecule has 0 fully saturated rings. The number of nitrogens with zero attached hydrogens (tertiary/aromatic N) is 2. The first kappa shape index (κ1) is 33.6. The third kappa shape index (κ3) is 4.53. The molecule has 0 saturated heterocycles. The molecular weight excluding hydrogens is 604 g/mol. The van der Waals surface area contributed by atoms with Gasteiger partial charge in [0.2, 0.25) is 5.88 Å². The summed E-state index contributed by atoms with van der Waals surface area (Å²) in [6.07, 6.45) is -15.6. The van der Waals surface area contributed by atoms with Crippen LogP contribution in [0.4, 0.5) is 83.4 Å². The molecular formula is C13H4BF19N2O3. The summed E-state index contributed by atoms with van der Waals surface area (Å²) in [6.45, 7) is 0. The van der Waals surface area contributed by atoms with E-state index in [2.05, 4.69) is 14.7 Å². The molecule has 1 heterocycles. The second-order valence-electron chi connectivity index (χ2n) is 6.79. The van der Waals surface area contributed by atoms with E-state index >= 15 is 0 Å². The Labute approximate surface area is 194 Å². The Bertz CT molecular complexity index is 995. The van der Waals surface area contributed by atoms with Gasteiger partial charge in [0.25, 0.3) is 0 Å². The van der Waals surface area contributed by atoms with Crippen LogP contribution in [0.25, 0.3) is 0 Å². The van der Waals surface area contributed by atoms with Crippen LogP contribution in [-0.4, -0.2) is 80.9 Å². The summed E-state index contributed by atoms with van der Waals surface area (Å²) < 4.78 is 253. The second kappa shape index (κ2) is 9.04. The monoisotopic (exact) mass is 608 g/mol. The summed E-state index contributed by atoms with van der Waals surface area (Å²) in [5, 5.41) is 17.3. The molecule has 220 valence electrons. The molecule has 0 aliphatic rings. The van der Waals surface area contributed by atoms with Crippen molar-refractivity contribution in [3.63, 3.8) is 0 Å². The molecule has 0 saturated carbocycles. The van der Waals surface area contributed by atoms with Crippen molar-refractivity contribution in [2.75, 3.05) is 0 Å². The number of alkyl halides is 19. The highest BCUT2D eigenvalue weighted by molar-refractivity contribution is 6.57. The van der Waals surface area contributed by atoms with E-state index in [1.54, 1.807) is 0 Å². The van der Waals surface area contributed by atoms with Crippen LogP contribution in [0.5, 0.6) is 5.88 Å². The van der Waals surface area contributed by atoms with E-state index < -0.39 is 72.3 Å². The Kier molecular flexibility index (Phi) is 7.99. The number of aromatic nitrogens is 2. The Balaban J connectivity index is 3.61. The van der Waals surface area contributed by atoms with Crippen molar-refractivity contribution in [1.82, 2.24) is 9.97 Å². The molecule has 1 aromatic heterocycles. The summed E-state index contributed by atoms with van der Waals surface area (Å²) >= 11 is 0. The van der Waals surface area contributed by atoms with Crippen molar-refractivity contribution in [3.05, 3.63) is 12.4 Å². The van der Waals surface area contributed by atoms with Gasteiger partial charge in [0.1, 0.15) is 0 Å². The molecule has 2 N–H and O–H groups in total. The predicted molar refractivity (Wildman–Crippen MR) is 78.1 cm³/mol. The maximum atomic E-state index is 13.7. The van der Waals surface area contributed by atoms with E-state index in [-0.39, 0.29) is 12.4 Å². The van der Waals surface area contributed by atoms with Gasteiger partial charge in [-0.05, 0) is 0 Å². The normalized spacial score (nSPS) is 15.5. The Morgan fingerprint density at radius 1 is 0.500 bits per heavy atom. The van der Waals surface area contributed by atoms with Crippen molar-refractivity contribution in [2.24, 2.45) is 0 Å². The minimum absolute atomic E-state index is 0.0292. The standard InChI is InChI=1S/C13H4BF19N2O3/c15-5(16,6(17,18)8(21,22)10(25,26)12(29,30)31)7(19,20)9(23,24)11(27,28)13(32,33)38-4-2-34-3(1-35-4)14(36)37/h1-2,36-37H. The number of halogens is 19. The van der Waals surface area contributed by atoms with Gasteiger partial charge in [0, 0.05) is 6.20 Å². The number of ether oxygens (including phenoxy) is 1. The van der Waals surface area contributed by atoms with Crippen molar-refractivity contribution >= 4 is 12.7 Å². The van der Waals surface area contributed by atoms with Crippen LogP contribution in [-0.2, 0) is 0 Å². The highest BCUT2D eigenvalue weighted by Crippen LogP contribution is 2.65. The van der Waals surface area contributed by atoms with Gasteiger partial charge in [0.15, 0.2) is 0 Å². The van der Waals surface area contributed by atoms with Gasteiger partial charge < -0.3 is 14.8 Å². The lowest BCUT2D eigenvalue weighted by atomic mass is 9.87. The van der Waals surface area contributed by atoms with E-state index in [0.717, 1.165) is 0 Å². The van der Waals surface area contributed by atoms with Crippen LogP contribution in [0.3, 0.4) is 0 Å². The van der Waals surface area contributed by atoms with Gasteiger partial charge in [0.05, 0.1) is 11.8 Å². The third-order valence-electron chi connectivity index (χ3n) is 4.23. The molecule has 5 nitrogen and oxygen atoms in total. The zero-order chi connectivity index (χ0) is 30.8. The third-order valence-corrected chi connectivity index (χ3v) is 4.23. The predicted octanol–water partition coefficient (Wildman–Crippen LogP) is 4.14. The lowest BCUT2D eigenvalue weighted by Gasteiger charge is -2.43. The molecule has 0 bridgehead atoms. The van der Waals surface area contributed by atoms with Gasteiger partial charge >= 0.3 is 60.9 Å². The van der Waals surface area contributed by atoms with Crippen LogP contribution in [0.2, 0.25) is 0 Å². The van der Waals surface area contributed by atoms with Crippen molar-refractivity contribution < 1.29 is 98.2 Å². The zero-order valence-corrected chi connectivity index (χ0v) is 16.6. The lowest BCUT2D eigenvalue weighted by Crippen LogP contribution is -2.76. The molecule has 1 aromatic rings. The molecule has 0 atom stereocenters. The Morgan fingerprint density at radius 2 is 0.842 bits per heavy atom. The van der Waals surface area contributed by atoms with Gasteiger partial charge in [-0.3, -0.25) is 4.98 Å². The fourth-order valence-electron chi connectivity index (χ4n) is 2.05. The average molecular weight is 608 g/mol. The van der Waals surface area contributed by atoms with Gasteiger partial charge in [-0.15, -0.1) is 0 Å². The fourth-order valence-corrected chi connectivity index (χ4v) is 2.05. The Morgan fingerprint density at radius 3 is 1.13 bits per heavy atom. The van der Waals surface area contributed by atoms with Crippen LogP contribution < -0.4 is 10.3 Å². The summed E-state index contributed by atoms with van der Waals surface area (Å²) in [6, 6.07) is 0. The number of rotatable bonds is 10. The first-order chi connectivity index (χ1) is 16.4. The van der Waals surface area contributed by atoms with Crippen LogP contribution in [0.15, 0.2) is 12.4 Å². The summed E-state index contributed by atoms with van der Waals surface area (Å²) in [4.78, 5) is 5.24. The maximum absolute atomic E-state index is 13.7. The van der Waals surface area contributed by atoms with Gasteiger partial charge in [-0.1, -0.05) is 0 Å². The van der Waals surface area contributed by atoms with Crippen LogP contribution >= 0.6 is 0 Å². The largest absolute Gasteiger partial charge is 0.509 e. The minimum atomic E-state index is -9.04. The van der Waals surface area contributed by atoms with Crippen molar-refractivity contribution in [3.8, 4) is 5.88 Å². The van der Waals surface area contributed by atoms with E-state index in [1.165, 1.54) is 0 Å². The van der Waals surface area contributed by atoms with E-state index in [9.17, 15) is 83.4 Å². The van der Waals surface area contributed by atoms with Crippen molar-refractivity contribution in [2.45, 2.75) is 53.7 Å². The smallest absolute Gasteiger partial charge is 0.422 e. The minimum Gasteiger partial charge on any atom is -0.422 e. The zero-order valence-electron chi connectivity index (χ0n) is 16.6. The van der Waals surface area contributed by atoms with Crippen LogP contribution in [0, 0.1) is 0 Å². The highest BCUT2D eigenvalue weighted by atomic mass is 19.4. The van der Waals surface area contributed by atoms with E-state index in [0.29, 0.717) is 0 Å². The van der Waals surface area contributed by atoms with Crippen LogP contribution in [0.1, 0.15) is 0 Å². The molecule has 0 spiro atoms. The molecule has 0 radical (unpaired) electrons. The van der Waals surface area contributed by atoms with Gasteiger partial charge in [-0.2, -0.15) is 83.4 Å². The summed E-state index contributed by atoms with van der Waals surface area (Å²) in [7, 11) is -2.55. The summed E-state index contributed by atoms with van der Waals surface area (Å²) in [5.74, 6) is -63.2. The molecule has 0 aliphatic carbocycles. The average Bonchev–Trinajstić information content (AvgIpc) is 2.71. The van der Waals surface area contributed by atoms with E-state index in [4.69, 9.17) is 10.0 Å². The quantitative estimate of drug-likeness (QED) is 0.309. The first-order valence-electron chi connectivity index (χ1n) is 8.34. The molecule has 0 unspecified atom stereocenters. The molecule has 38 heavy (non-hydrogen) atoms. The summed E-state index contributed by atoms with van der Waals surface area (Å²) in [5.41, 5.74) is -0.997. The molecule has 0 aromatic carbocycles. The topological polar surface area (TPSA) is 75.5 Å². The molecule has 1 rings (SSSR count). The Hall–Kier alpha value is -2.47. The van der Waals surface area contributed by atoms with E-state index in [1.807, 2.05) is 0 Å².